The van der Waals surface area contributed by atoms with Crippen LogP contribution in [0.4, 0.5) is 17.1 Å². The molecular formula is C26H21N3O5. The number of rotatable bonds is 5. The standard InChI is InChI=1S/C26H21N3O5/c1-16(30)27-18-9-7-17(8-10-18)23-24(26(32)29(25(23)31)20-5-3-2-4-6-20)28-19-11-12-21-22(15-19)34-14-13-33-21/h2-12,15,28H,13-14H2,1H3,(H,27,30). The smallest absolute Gasteiger partial charge is 0.282 e. The number of amides is 3. The van der Waals surface area contributed by atoms with Crippen LogP contribution in [-0.4, -0.2) is 30.9 Å². The van der Waals surface area contributed by atoms with Crippen molar-refractivity contribution in [3.05, 3.63) is 84.1 Å². The number of hydrogen-bond acceptors (Lipinski definition) is 6. The summed E-state index contributed by atoms with van der Waals surface area (Å²) in [6.07, 6.45) is 0. The summed E-state index contributed by atoms with van der Waals surface area (Å²) in [5.41, 5.74) is 2.59. The highest BCUT2D eigenvalue weighted by atomic mass is 16.6. The number of nitrogens with one attached hydrogen (secondary N) is 2. The summed E-state index contributed by atoms with van der Waals surface area (Å²) in [6, 6.07) is 20.8. The summed E-state index contributed by atoms with van der Waals surface area (Å²) in [6.45, 7) is 2.33. The zero-order valence-electron chi connectivity index (χ0n) is 18.3. The highest BCUT2D eigenvalue weighted by Crippen LogP contribution is 2.37. The predicted octanol–water partition coefficient (Wildman–Crippen LogP) is 3.81. The third kappa shape index (κ3) is 3.97. The molecule has 2 aliphatic rings. The molecule has 0 spiro atoms. The average molecular weight is 455 g/mol. The van der Waals surface area contributed by atoms with E-state index in [-0.39, 0.29) is 17.2 Å². The van der Waals surface area contributed by atoms with Gasteiger partial charge in [-0.05, 0) is 42.0 Å². The summed E-state index contributed by atoms with van der Waals surface area (Å²) in [5.74, 6) is 0.0832. The Morgan fingerprint density at radius 1 is 0.824 bits per heavy atom. The third-order valence-corrected chi connectivity index (χ3v) is 5.40. The van der Waals surface area contributed by atoms with Crippen molar-refractivity contribution in [2.24, 2.45) is 0 Å². The number of ether oxygens (including phenoxy) is 2. The van der Waals surface area contributed by atoms with Gasteiger partial charge in [-0.1, -0.05) is 30.3 Å². The highest BCUT2D eigenvalue weighted by molar-refractivity contribution is 6.46. The van der Waals surface area contributed by atoms with E-state index in [0.29, 0.717) is 47.3 Å². The molecule has 170 valence electrons. The second kappa shape index (κ2) is 8.74. The number of nitrogens with zero attached hydrogens (tertiary/aromatic N) is 1. The molecular weight excluding hydrogens is 434 g/mol. The molecule has 2 N–H and O–H groups in total. The minimum absolute atomic E-state index is 0.151. The van der Waals surface area contributed by atoms with E-state index in [2.05, 4.69) is 10.6 Å². The van der Waals surface area contributed by atoms with Crippen molar-refractivity contribution in [1.29, 1.82) is 0 Å². The number of carbonyl (C=O) groups is 3. The van der Waals surface area contributed by atoms with Gasteiger partial charge in [0, 0.05) is 24.4 Å². The van der Waals surface area contributed by atoms with Gasteiger partial charge in [0.2, 0.25) is 5.91 Å². The van der Waals surface area contributed by atoms with Gasteiger partial charge in [-0.15, -0.1) is 0 Å². The lowest BCUT2D eigenvalue weighted by molar-refractivity contribution is -0.120. The van der Waals surface area contributed by atoms with E-state index in [1.165, 1.54) is 6.92 Å². The Labute approximate surface area is 195 Å². The Kier molecular flexibility index (Phi) is 5.47. The average Bonchev–Trinajstić information content (AvgIpc) is 3.09. The zero-order valence-corrected chi connectivity index (χ0v) is 18.3. The van der Waals surface area contributed by atoms with E-state index < -0.39 is 11.8 Å². The van der Waals surface area contributed by atoms with Crippen LogP contribution in [0, 0.1) is 0 Å². The van der Waals surface area contributed by atoms with Crippen molar-refractivity contribution in [3.8, 4) is 11.5 Å². The van der Waals surface area contributed by atoms with Crippen LogP contribution in [0.25, 0.3) is 5.57 Å². The second-order valence-corrected chi connectivity index (χ2v) is 7.77. The normalized spacial score (nSPS) is 14.9. The van der Waals surface area contributed by atoms with Gasteiger partial charge in [0.05, 0.1) is 11.3 Å². The Bertz CT molecular complexity index is 1320. The number of anilines is 3. The van der Waals surface area contributed by atoms with Crippen molar-refractivity contribution in [2.45, 2.75) is 6.92 Å². The van der Waals surface area contributed by atoms with Crippen molar-refractivity contribution in [3.63, 3.8) is 0 Å². The van der Waals surface area contributed by atoms with Gasteiger partial charge in [0.15, 0.2) is 11.5 Å². The molecule has 0 atom stereocenters. The van der Waals surface area contributed by atoms with Crippen LogP contribution in [0.1, 0.15) is 12.5 Å². The van der Waals surface area contributed by atoms with Crippen molar-refractivity contribution in [2.75, 3.05) is 28.7 Å². The fraction of sp³-hybridized carbons (Fsp3) is 0.115. The molecule has 8 heteroatoms. The van der Waals surface area contributed by atoms with E-state index >= 15 is 0 Å². The first kappa shape index (κ1) is 21.3. The van der Waals surface area contributed by atoms with Gasteiger partial charge in [-0.25, -0.2) is 4.90 Å². The molecule has 3 amide bonds. The van der Waals surface area contributed by atoms with E-state index in [1.807, 2.05) is 6.07 Å². The van der Waals surface area contributed by atoms with Crippen LogP contribution in [0.2, 0.25) is 0 Å². The molecule has 0 unspecified atom stereocenters. The largest absolute Gasteiger partial charge is 0.486 e. The molecule has 0 radical (unpaired) electrons. The quantitative estimate of drug-likeness (QED) is 0.568. The van der Waals surface area contributed by atoms with Crippen LogP contribution >= 0.6 is 0 Å². The maximum Gasteiger partial charge on any atom is 0.282 e. The van der Waals surface area contributed by atoms with E-state index in [1.54, 1.807) is 66.7 Å². The fourth-order valence-electron chi connectivity index (χ4n) is 3.91. The first-order chi connectivity index (χ1) is 16.5. The van der Waals surface area contributed by atoms with Crippen LogP contribution in [-0.2, 0) is 14.4 Å². The SMILES string of the molecule is CC(=O)Nc1ccc(C2=C(Nc3ccc4c(c3)OCCO4)C(=O)N(c3ccccc3)C2=O)cc1. The molecule has 0 saturated heterocycles. The first-order valence-corrected chi connectivity index (χ1v) is 10.7. The molecule has 0 fully saturated rings. The molecule has 0 aromatic heterocycles. The molecule has 2 aliphatic heterocycles. The zero-order chi connectivity index (χ0) is 23.7. The molecule has 2 heterocycles. The van der Waals surface area contributed by atoms with Gasteiger partial charge in [-0.2, -0.15) is 0 Å². The number of para-hydroxylation sites is 1. The van der Waals surface area contributed by atoms with Crippen LogP contribution in [0.15, 0.2) is 78.5 Å². The number of carbonyl (C=O) groups excluding carboxylic acids is 3. The van der Waals surface area contributed by atoms with Crippen molar-refractivity contribution >= 4 is 40.4 Å². The minimum Gasteiger partial charge on any atom is -0.486 e. The molecule has 0 aliphatic carbocycles. The fourth-order valence-corrected chi connectivity index (χ4v) is 3.91. The van der Waals surface area contributed by atoms with Crippen LogP contribution in [0.5, 0.6) is 11.5 Å². The van der Waals surface area contributed by atoms with Gasteiger partial charge in [0.25, 0.3) is 11.8 Å². The molecule has 3 aromatic carbocycles. The summed E-state index contributed by atoms with van der Waals surface area (Å²) < 4.78 is 11.2. The van der Waals surface area contributed by atoms with Gasteiger partial charge in [-0.3, -0.25) is 14.4 Å². The number of fused-ring (bicyclic) bond motifs is 1. The molecule has 8 nitrogen and oxygen atoms in total. The topological polar surface area (TPSA) is 97.0 Å². The second-order valence-electron chi connectivity index (χ2n) is 7.77. The monoisotopic (exact) mass is 455 g/mol. The number of imide groups is 1. The third-order valence-electron chi connectivity index (χ3n) is 5.40. The van der Waals surface area contributed by atoms with Gasteiger partial charge < -0.3 is 20.1 Å². The predicted molar refractivity (Wildman–Crippen MR) is 128 cm³/mol. The van der Waals surface area contributed by atoms with Gasteiger partial charge in [0.1, 0.15) is 18.9 Å². The Morgan fingerprint density at radius 2 is 1.50 bits per heavy atom. The Hall–Kier alpha value is -4.59. The lowest BCUT2D eigenvalue weighted by atomic mass is 10.0. The summed E-state index contributed by atoms with van der Waals surface area (Å²) >= 11 is 0. The Morgan fingerprint density at radius 3 is 2.21 bits per heavy atom. The highest BCUT2D eigenvalue weighted by Gasteiger charge is 2.40. The summed E-state index contributed by atoms with van der Waals surface area (Å²) in [4.78, 5) is 39.5. The lowest BCUT2D eigenvalue weighted by Gasteiger charge is -2.19. The van der Waals surface area contributed by atoms with E-state index in [9.17, 15) is 14.4 Å². The van der Waals surface area contributed by atoms with E-state index in [0.717, 1.165) is 4.90 Å². The maximum atomic E-state index is 13.5. The Balaban J connectivity index is 1.55. The maximum absolute atomic E-state index is 13.5. The molecule has 34 heavy (non-hydrogen) atoms. The number of benzene rings is 3. The molecule has 3 aromatic rings. The van der Waals surface area contributed by atoms with Gasteiger partial charge >= 0.3 is 0 Å². The van der Waals surface area contributed by atoms with Crippen molar-refractivity contribution in [1.82, 2.24) is 0 Å². The molecule has 5 rings (SSSR count). The van der Waals surface area contributed by atoms with Crippen LogP contribution < -0.4 is 25.0 Å². The van der Waals surface area contributed by atoms with Crippen molar-refractivity contribution < 1.29 is 23.9 Å². The summed E-state index contributed by atoms with van der Waals surface area (Å²) in [5, 5.41) is 5.83. The molecule has 0 bridgehead atoms. The number of hydrogen-bond donors (Lipinski definition) is 2. The minimum atomic E-state index is -0.466. The summed E-state index contributed by atoms with van der Waals surface area (Å²) in [7, 11) is 0. The van der Waals surface area contributed by atoms with Crippen LogP contribution in [0.3, 0.4) is 0 Å². The van der Waals surface area contributed by atoms with E-state index in [4.69, 9.17) is 9.47 Å². The molecule has 0 saturated carbocycles. The first-order valence-electron chi connectivity index (χ1n) is 10.7. The lowest BCUT2D eigenvalue weighted by Crippen LogP contribution is -2.32.